The van der Waals surface area contributed by atoms with Crippen LogP contribution in [0.4, 0.5) is 5.82 Å². The van der Waals surface area contributed by atoms with Gasteiger partial charge in [0.25, 0.3) is 0 Å². The van der Waals surface area contributed by atoms with Gasteiger partial charge >= 0.3 is 0 Å². The lowest BCUT2D eigenvalue weighted by atomic mass is 10.1. The van der Waals surface area contributed by atoms with Crippen molar-refractivity contribution in [2.75, 3.05) is 5.73 Å². The molecule has 4 aromatic rings. The van der Waals surface area contributed by atoms with Crippen LogP contribution in [0.15, 0.2) is 54.7 Å². The first kappa shape index (κ1) is 14.2. The average Bonchev–Trinajstić information content (AvgIpc) is 3.19. The van der Waals surface area contributed by atoms with Crippen LogP contribution in [0, 0.1) is 6.92 Å². The molecule has 0 spiro atoms. The highest BCUT2D eigenvalue weighted by atomic mass is 16.1. The van der Waals surface area contributed by atoms with Crippen molar-refractivity contribution in [2.24, 2.45) is 0 Å². The number of rotatable bonds is 3. The number of aromatic nitrogens is 4. The zero-order valence-electron chi connectivity index (χ0n) is 13.0. The first-order valence-electron chi connectivity index (χ1n) is 7.54. The second kappa shape index (κ2) is 5.34. The van der Waals surface area contributed by atoms with E-state index in [1.165, 1.54) is 4.68 Å². The fourth-order valence-corrected chi connectivity index (χ4v) is 2.71. The van der Waals surface area contributed by atoms with Crippen LogP contribution >= 0.6 is 0 Å². The number of aryl methyl sites for hydroxylation is 1. The molecule has 2 aromatic carbocycles. The molecule has 0 aliphatic rings. The van der Waals surface area contributed by atoms with Gasteiger partial charge in [0.1, 0.15) is 0 Å². The number of carbonyl (C=O) groups excluding carboxylic acids is 1. The molecule has 0 fully saturated rings. The lowest BCUT2D eigenvalue weighted by Crippen LogP contribution is -2.07. The number of hydrogen-bond acceptors (Lipinski definition) is 4. The molecule has 24 heavy (non-hydrogen) atoms. The molecular formula is C18H15N5O. The Balaban J connectivity index is 1.77. The Morgan fingerprint density at radius 1 is 1.12 bits per heavy atom. The van der Waals surface area contributed by atoms with Gasteiger partial charge in [0.2, 0.25) is 5.78 Å². The Morgan fingerprint density at radius 3 is 2.67 bits per heavy atom. The van der Waals surface area contributed by atoms with Crippen LogP contribution in [0.2, 0.25) is 0 Å². The fraction of sp³-hybridized carbons (Fsp3) is 0.0556. The number of aromatic amines is 1. The number of para-hydroxylation sites is 1. The molecule has 0 radical (unpaired) electrons. The van der Waals surface area contributed by atoms with Gasteiger partial charge in [-0.25, -0.2) is 0 Å². The number of fused-ring (bicyclic) bond motifs is 1. The maximum Gasteiger partial charge on any atom is 0.219 e. The second-order valence-corrected chi connectivity index (χ2v) is 5.65. The van der Waals surface area contributed by atoms with Gasteiger partial charge in [-0.1, -0.05) is 41.1 Å². The van der Waals surface area contributed by atoms with Gasteiger partial charge in [0, 0.05) is 22.7 Å². The standard InChI is InChI=1S/C18H15N5O/c1-11-6-8-12(9-7-11)23-18(19)16(21-22-23)17(24)14-10-20-15-5-3-2-4-13(14)15/h2-10,20H,19H2,1H3. The van der Waals surface area contributed by atoms with E-state index in [1.54, 1.807) is 6.20 Å². The number of nitrogens with zero attached hydrogens (tertiary/aromatic N) is 3. The normalized spacial score (nSPS) is 11.0. The molecule has 4 rings (SSSR count). The lowest BCUT2D eigenvalue weighted by molar-refractivity contribution is 0.103. The summed E-state index contributed by atoms with van der Waals surface area (Å²) in [6, 6.07) is 15.3. The molecule has 6 nitrogen and oxygen atoms in total. The van der Waals surface area contributed by atoms with E-state index in [9.17, 15) is 4.79 Å². The molecule has 0 bridgehead atoms. The van der Waals surface area contributed by atoms with Gasteiger partial charge < -0.3 is 10.7 Å². The molecule has 0 atom stereocenters. The molecule has 2 aromatic heterocycles. The summed E-state index contributed by atoms with van der Waals surface area (Å²) in [4.78, 5) is 15.9. The first-order chi connectivity index (χ1) is 11.6. The van der Waals surface area contributed by atoms with Crippen molar-refractivity contribution in [1.82, 2.24) is 20.0 Å². The van der Waals surface area contributed by atoms with Crippen LogP contribution < -0.4 is 5.73 Å². The summed E-state index contributed by atoms with van der Waals surface area (Å²) >= 11 is 0. The van der Waals surface area contributed by atoms with Crippen molar-refractivity contribution in [2.45, 2.75) is 6.92 Å². The van der Waals surface area contributed by atoms with Crippen LogP contribution in [0.3, 0.4) is 0 Å². The smallest absolute Gasteiger partial charge is 0.219 e. The third-order valence-corrected chi connectivity index (χ3v) is 4.03. The van der Waals surface area contributed by atoms with Crippen molar-refractivity contribution < 1.29 is 4.79 Å². The highest BCUT2D eigenvalue weighted by Gasteiger charge is 2.22. The van der Waals surface area contributed by atoms with Crippen LogP contribution in [-0.4, -0.2) is 25.8 Å². The molecule has 3 N–H and O–H groups in total. The number of nitrogen functional groups attached to an aromatic ring is 1. The van der Waals surface area contributed by atoms with Gasteiger partial charge in [0.15, 0.2) is 11.5 Å². The number of carbonyl (C=O) groups is 1. The molecule has 0 aliphatic carbocycles. The van der Waals surface area contributed by atoms with Gasteiger partial charge in [-0.05, 0) is 25.1 Å². The van der Waals surface area contributed by atoms with Crippen LogP contribution in [0.25, 0.3) is 16.6 Å². The number of anilines is 1. The van der Waals surface area contributed by atoms with E-state index in [4.69, 9.17) is 5.73 Å². The molecule has 0 amide bonds. The molecule has 6 heteroatoms. The summed E-state index contributed by atoms with van der Waals surface area (Å²) in [5.41, 5.74) is 9.61. The summed E-state index contributed by atoms with van der Waals surface area (Å²) in [5, 5.41) is 8.88. The largest absolute Gasteiger partial charge is 0.382 e. The number of nitrogens with one attached hydrogen (secondary N) is 1. The maximum atomic E-state index is 12.8. The number of H-pyrrole nitrogens is 1. The summed E-state index contributed by atoms with van der Waals surface area (Å²) in [6.07, 6.45) is 1.68. The maximum absolute atomic E-state index is 12.8. The SMILES string of the molecule is Cc1ccc(-n2nnc(C(=O)c3c[nH]c4ccccc34)c2N)cc1. The van der Waals surface area contributed by atoms with E-state index in [0.717, 1.165) is 22.2 Å². The Bertz CT molecular complexity index is 1040. The van der Waals surface area contributed by atoms with Gasteiger partial charge in [-0.3, -0.25) is 4.79 Å². The molecule has 0 unspecified atom stereocenters. The number of ketones is 1. The summed E-state index contributed by atoms with van der Waals surface area (Å²) in [7, 11) is 0. The Hall–Kier alpha value is -3.41. The molecule has 0 aliphatic heterocycles. The van der Waals surface area contributed by atoms with Crippen LogP contribution in [0.5, 0.6) is 0 Å². The minimum atomic E-state index is -0.247. The first-order valence-corrected chi connectivity index (χ1v) is 7.54. The number of hydrogen-bond donors (Lipinski definition) is 2. The number of nitrogens with two attached hydrogens (primary N) is 1. The van der Waals surface area contributed by atoms with Crippen molar-refractivity contribution in [3.63, 3.8) is 0 Å². The molecule has 0 saturated heterocycles. The molecule has 0 saturated carbocycles. The van der Waals surface area contributed by atoms with Gasteiger partial charge in [0.05, 0.1) is 5.69 Å². The predicted octanol–water partition coefficient (Wildman–Crippen LogP) is 2.87. The van der Waals surface area contributed by atoms with Crippen molar-refractivity contribution in [3.05, 3.63) is 71.5 Å². The monoisotopic (exact) mass is 317 g/mol. The zero-order chi connectivity index (χ0) is 16.7. The quantitative estimate of drug-likeness (QED) is 0.569. The molecule has 118 valence electrons. The highest BCUT2D eigenvalue weighted by molar-refractivity contribution is 6.17. The third-order valence-electron chi connectivity index (χ3n) is 4.03. The van der Waals surface area contributed by atoms with E-state index in [2.05, 4.69) is 15.3 Å². The Kier molecular flexibility index (Phi) is 3.16. The topological polar surface area (TPSA) is 89.6 Å². The van der Waals surface area contributed by atoms with E-state index < -0.39 is 0 Å². The average molecular weight is 317 g/mol. The third kappa shape index (κ3) is 2.16. The molecule has 2 heterocycles. The van der Waals surface area contributed by atoms with Gasteiger partial charge in [-0.2, -0.15) is 4.68 Å². The fourth-order valence-electron chi connectivity index (χ4n) is 2.71. The van der Waals surface area contributed by atoms with Crippen molar-refractivity contribution in [1.29, 1.82) is 0 Å². The Morgan fingerprint density at radius 2 is 1.88 bits per heavy atom. The van der Waals surface area contributed by atoms with Crippen LogP contribution in [0.1, 0.15) is 21.6 Å². The summed E-state index contributed by atoms with van der Waals surface area (Å²) in [6.45, 7) is 2.00. The minimum Gasteiger partial charge on any atom is -0.382 e. The van der Waals surface area contributed by atoms with E-state index in [0.29, 0.717) is 5.56 Å². The van der Waals surface area contributed by atoms with E-state index >= 15 is 0 Å². The van der Waals surface area contributed by atoms with Crippen molar-refractivity contribution >= 4 is 22.5 Å². The molecular weight excluding hydrogens is 302 g/mol. The van der Waals surface area contributed by atoms with Gasteiger partial charge in [-0.15, -0.1) is 5.10 Å². The van der Waals surface area contributed by atoms with Crippen LogP contribution in [-0.2, 0) is 0 Å². The summed E-state index contributed by atoms with van der Waals surface area (Å²) < 4.78 is 1.47. The summed E-state index contributed by atoms with van der Waals surface area (Å²) in [5.74, 6) is -0.0163. The minimum absolute atomic E-state index is 0.153. The highest BCUT2D eigenvalue weighted by Crippen LogP contribution is 2.23. The van der Waals surface area contributed by atoms with E-state index in [1.807, 2.05) is 55.5 Å². The number of benzene rings is 2. The second-order valence-electron chi connectivity index (χ2n) is 5.65. The van der Waals surface area contributed by atoms with E-state index in [-0.39, 0.29) is 17.3 Å². The van der Waals surface area contributed by atoms with Crippen molar-refractivity contribution in [3.8, 4) is 5.69 Å². The Labute approximate surface area is 137 Å². The predicted molar refractivity (Wildman–Crippen MR) is 92.2 cm³/mol. The lowest BCUT2D eigenvalue weighted by Gasteiger charge is -2.03. The zero-order valence-corrected chi connectivity index (χ0v) is 13.0.